The van der Waals surface area contributed by atoms with Crippen LogP contribution in [-0.4, -0.2) is 0 Å². The van der Waals surface area contributed by atoms with Crippen LogP contribution in [0.3, 0.4) is 0 Å². The highest BCUT2D eigenvalue weighted by molar-refractivity contribution is 5.49. The van der Waals surface area contributed by atoms with E-state index in [-0.39, 0.29) is 0 Å². The molecule has 1 aliphatic rings. The standard InChI is InChI=1S/C22H32/c1-2-3-4-5-10-17-22(21-15-11-7-12-16-21)19-18-20-13-8-6-9-14-20/h6,8-10,13-14,17-19,21-22H,2-5,7,11-12,15-16H2,1H3/b17-10+,19-18+. The Morgan fingerprint density at radius 2 is 1.77 bits per heavy atom. The van der Waals surface area contributed by atoms with Gasteiger partial charge in [0.05, 0.1) is 0 Å². The molecule has 1 saturated carbocycles. The first-order valence-corrected chi connectivity index (χ1v) is 9.30. The lowest BCUT2D eigenvalue weighted by molar-refractivity contribution is 0.318. The number of benzene rings is 1. The van der Waals surface area contributed by atoms with E-state index >= 15 is 0 Å². The smallest absolute Gasteiger partial charge is 0.00219 e. The van der Waals surface area contributed by atoms with Crippen molar-refractivity contribution in [2.75, 3.05) is 0 Å². The first-order valence-electron chi connectivity index (χ1n) is 9.30. The molecule has 2 rings (SSSR count). The van der Waals surface area contributed by atoms with Crippen molar-refractivity contribution in [1.82, 2.24) is 0 Å². The van der Waals surface area contributed by atoms with Crippen molar-refractivity contribution in [3.8, 4) is 0 Å². The maximum atomic E-state index is 2.49. The van der Waals surface area contributed by atoms with Gasteiger partial charge < -0.3 is 0 Å². The van der Waals surface area contributed by atoms with Crippen LogP contribution in [0.25, 0.3) is 6.08 Å². The van der Waals surface area contributed by atoms with Gasteiger partial charge in [-0.25, -0.2) is 0 Å². The van der Waals surface area contributed by atoms with Gasteiger partial charge in [-0.2, -0.15) is 0 Å². The summed E-state index contributed by atoms with van der Waals surface area (Å²) >= 11 is 0. The molecule has 0 N–H and O–H groups in total. The van der Waals surface area contributed by atoms with Crippen LogP contribution in [0.15, 0.2) is 48.6 Å². The van der Waals surface area contributed by atoms with E-state index in [4.69, 9.17) is 0 Å². The van der Waals surface area contributed by atoms with Crippen LogP contribution in [0.2, 0.25) is 0 Å². The minimum absolute atomic E-state index is 0.627. The Morgan fingerprint density at radius 1 is 1.00 bits per heavy atom. The Labute approximate surface area is 137 Å². The van der Waals surface area contributed by atoms with Crippen molar-refractivity contribution >= 4 is 6.08 Å². The van der Waals surface area contributed by atoms with Crippen molar-refractivity contribution in [2.45, 2.75) is 64.7 Å². The van der Waals surface area contributed by atoms with Gasteiger partial charge in [0.2, 0.25) is 0 Å². The predicted octanol–water partition coefficient (Wildman–Crippen LogP) is 7.03. The fraction of sp³-hybridized carbons (Fsp3) is 0.545. The van der Waals surface area contributed by atoms with Crippen molar-refractivity contribution < 1.29 is 0 Å². The summed E-state index contributed by atoms with van der Waals surface area (Å²) in [6.07, 6.45) is 22.0. The Balaban J connectivity index is 1.96. The second kappa shape index (κ2) is 10.4. The number of unbranched alkanes of at least 4 members (excludes halogenated alkanes) is 3. The fourth-order valence-corrected chi connectivity index (χ4v) is 3.45. The Morgan fingerprint density at radius 3 is 2.50 bits per heavy atom. The molecule has 0 amide bonds. The van der Waals surface area contributed by atoms with Crippen molar-refractivity contribution in [3.05, 3.63) is 54.1 Å². The summed E-state index contributed by atoms with van der Waals surface area (Å²) < 4.78 is 0. The number of rotatable bonds is 8. The molecule has 0 spiro atoms. The molecule has 1 unspecified atom stereocenters. The van der Waals surface area contributed by atoms with Crippen LogP contribution in [0.5, 0.6) is 0 Å². The first-order chi connectivity index (χ1) is 10.9. The van der Waals surface area contributed by atoms with E-state index < -0.39 is 0 Å². The molecule has 0 bridgehead atoms. The van der Waals surface area contributed by atoms with E-state index in [1.54, 1.807) is 0 Å². The summed E-state index contributed by atoms with van der Waals surface area (Å²) in [6.45, 7) is 2.27. The molecular weight excluding hydrogens is 264 g/mol. The Kier molecular flexibility index (Phi) is 8.09. The average Bonchev–Trinajstić information content (AvgIpc) is 2.59. The number of allylic oxidation sites excluding steroid dienone is 3. The first kappa shape index (κ1) is 17.1. The molecule has 1 atom stereocenters. The molecule has 0 radical (unpaired) electrons. The Bertz CT molecular complexity index is 434. The van der Waals surface area contributed by atoms with Crippen molar-refractivity contribution in [1.29, 1.82) is 0 Å². The second-order valence-corrected chi connectivity index (χ2v) is 6.67. The highest BCUT2D eigenvalue weighted by Crippen LogP contribution is 2.32. The zero-order valence-corrected chi connectivity index (χ0v) is 14.2. The van der Waals surface area contributed by atoms with E-state index in [0.29, 0.717) is 5.92 Å². The molecular formula is C22H32. The zero-order valence-electron chi connectivity index (χ0n) is 14.2. The quantitative estimate of drug-likeness (QED) is 0.357. The number of hydrogen-bond acceptors (Lipinski definition) is 0. The summed E-state index contributed by atoms with van der Waals surface area (Å²) in [7, 11) is 0. The summed E-state index contributed by atoms with van der Waals surface area (Å²) in [6, 6.07) is 10.7. The largest absolute Gasteiger partial charge is 0.0879 e. The molecule has 1 fully saturated rings. The van der Waals surface area contributed by atoms with Crippen LogP contribution < -0.4 is 0 Å². The molecule has 1 aliphatic carbocycles. The molecule has 0 aromatic heterocycles. The minimum atomic E-state index is 0.627. The van der Waals surface area contributed by atoms with Crippen LogP contribution in [0, 0.1) is 11.8 Å². The second-order valence-electron chi connectivity index (χ2n) is 6.67. The summed E-state index contributed by atoms with van der Waals surface area (Å²) in [5.74, 6) is 1.48. The third-order valence-corrected chi connectivity index (χ3v) is 4.84. The van der Waals surface area contributed by atoms with Gasteiger partial charge in [-0.05, 0) is 43.1 Å². The van der Waals surface area contributed by atoms with E-state index in [2.05, 4.69) is 61.6 Å². The molecule has 0 heteroatoms. The topological polar surface area (TPSA) is 0 Å². The lowest BCUT2D eigenvalue weighted by atomic mass is 9.79. The number of hydrogen-bond donors (Lipinski definition) is 0. The van der Waals surface area contributed by atoms with Gasteiger partial charge in [0.1, 0.15) is 0 Å². The monoisotopic (exact) mass is 296 g/mol. The van der Waals surface area contributed by atoms with Crippen LogP contribution in [-0.2, 0) is 0 Å². The lowest BCUT2D eigenvalue weighted by Crippen LogP contribution is -2.14. The molecule has 0 saturated heterocycles. The minimum Gasteiger partial charge on any atom is -0.0879 e. The maximum absolute atomic E-state index is 2.49. The zero-order chi connectivity index (χ0) is 15.5. The third kappa shape index (κ3) is 6.22. The van der Waals surface area contributed by atoms with Gasteiger partial charge in [-0.1, -0.05) is 93.7 Å². The fourth-order valence-electron chi connectivity index (χ4n) is 3.45. The molecule has 0 nitrogen and oxygen atoms in total. The van der Waals surface area contributed by atoms with E-state index in [1.165, 1.54) is 63.4 Å². The van der Waals surface area contributed by atoms with Crippen LogP contribution >= 0.6 is 0 Å². The summed E-state index contributed by atoms with van der Waals surface area (Å²) in [4.78, 5) is 0. The van der Waals surface area contributed by atoms with Gasteiger partial charge in [-0.15, -0.1) is 0 Å². The van der Waals surface area contributed by atoms with Gasteiger partial charge in [0.25, 0.3) is 0 Å². The van der Waals surface area contributed by atoms with E-state index in [0.717, 1.165) is 5.92 Å². The highest BCUT2D eigenvalue weighted by Gasteiger charge is 2.19. The van der Waals surface area contributed by atoms with Gasteiger partial charge >= 0.3 is 0 Å². The molecule has 1 aromatic rings. The molecule has 0 heterocycles. The third-order valence-electron chi connectivity index (χ3n) is 4.84. The average molecular weight is 296 g/mol. The summed E-state index contributed by atoms with van der Waals surface area (Å²) in [5, 5.41) is 0. The van der Waals surface area contributed by atoms with E-state index in [9.17, 15) is 0 Å². The van der Waals surface area contributed by atoms with Crippen molar-refractivity contribution in [3.63, 3.8) is 0 Å². The van der Waals surface area contributed by atoms with Gasteiger partial charge in [0, 0.05) is 0 Å². The Hall–Kier alpha value is -1.30. The van der Waals surface area contributed by atoms with E-state index in [1.807, 2.05) is 0 Å². The SMILES string of the molecule is CCCCC/C=C/C(/C=C/c1ccccc1)C1CCCCC1. The van der Waals surface area contributed by atoms with Gasteiger partial charge in [0.15, 0.2) is 0 Å². The highest BCUT2D eigenvalue weighted by atomic mass is 14.2. The van der Waals surface area contributed by atoms with Crippen LogP contribution in [0.4, 0.5) is 0 Å². The molecule has 120 valence electrons. The summed E-state index contributed by atoms with van der Waals surface area (Å²) in [5.41, 5.74) is 1.32. The lowest BCUT2D eigenvalue weighted by Gasteiger charge is -2.26. The molecule has 0 aliphatic heterocycles. The van der Waals surface area contributed by atoms with Crippen molar-refractivity contribution in [2.24, 2.45) is 11.8 Å². The normalized spacial score (nSPS) is 18.2. The van der Waals surface area contributed by atoms with Crippen LogP contribution in [0.1, 0.15) is 70.3 Å². The molecule has 22 heavy (non-hydrogen) atoms. The van der Waals surface area contributed by atoms with Gasteiger partial charge in [-0.3, -0.25) is 0 Å². The molecule has 1 aromatic carbocycles. The maximum Gasteiger partial charge on any atom is -0.00219 e. The predicted molar refractivity (Wildman–Crippen MR) is 98.8 cm³/mol.